The van der Waals surface area contributed by atoms with E-state index in [1.165, 1.54) is 5.56 Å². The highest BCUT2D eigenvalue weighted by Crippen LogP contribution is 2.15. The number of thiazole rings is 1. The van der Waals surface area contributed by atoms with Gasteiger partial charge >= 0.3 is 0 Å². The van der Waals surface area contributed by atoms with Crippen LogP contribution in [0.25, 0.3) is 0 Å². The third-order valence-corrected chi connectivity index (χ3v) is 4.97. The van der Waals surface area contributed by atoms with E-state index in [9.17, 15) is 4.79 Å². The number of carbonyl (C=O) groups excluding carboxylic acids is 1. The molecule has 0 aliphatic carbocycles. The van der Waals surface area contributed by atoms with Crippen LogP contribution in [0.4, 0.5) is 0 Å². The van der Waals surface area contributed by atoms with Gasteiger partial charge < -0.3 is 4.90 Å². The summed E-state index contributed by atoms with van der Waals surface area (Å²) in [6, 6.07) is 8.03. The molecule has 4 nitrogen and oxygen atoms in total. The molecule has 0 spiro atoms. The van der Waals surface area contributed by atoms with Crippen LogP contribution in [-0.4, -0.2) is 40.8 Å². The highest BCUT2D eigenvalue weighted by atomic mass is 32.1. The summed E-state index contributed by atoms with van der Waals surface area (Å²) >= 11 is 1.69. The second-order valence-electron chi connectivity index (χ2n) is 6.23. The average molecular weight is 329 g/mol. The van der Waals surface area contributed by atoms with Gasteiger partial charge in [-0.25, -0.2) is 4.98 Å². The number of aryl methyl sites for hydroxylation is 1. The molecule has 1 amide bonds. The summed E-state index contributed by atoms with van der Waals surface area (Å²) in [6.45, 7) is 5.53. The van der Waals surface area contributed by atoms with Crippen LogP contribution in [0.15, 0.2) is 29.6 Å². The van der Waals surface area contributed by atoms with Gasteiger partial charge in [0, 0.05) is 37.1 Å². The van der Waals surface area contributed by atoms with Crippen LogP contribution < -0.4 is 0 Å². The molecule has 0 unspecified atom stereocenters. The number of carbonyl (C=O) groups is 1. The van der Waals surface area contributed by atoms with E-state index in [0.717, 1.165) is 55.3 Å². The van der Waals surface area contributed by atoms with Gasteiger partial charge in [-0.3, -0.25) is 9.69 Å². The van der Waals surface area contributed by atoms with Crippen molar-refractivity contribution in [2.75, 3.05) is 20.1 Å². The molecule has 122 valence electrons. The molecule has 5 heteroatoms. The normalized spacial score (nSPS) is 14.7. The SMILES string of the molecule is Cc1nc(CN(C)Cc2ccc(C(=O)N3CCCC3)cc2)cs1. The lowest BCUT2D eigenvalue weighted by atomic mass is 10.1. The molecule has 0 radical (unpaired) electrons. The molecule has 1 aliphatic heterocycles. The fourth-order valence-corrected chi connectivity index (χ4v) is 3.58. The van der Waals surface area contributed by atoms with Crippen molar-refractivity contribution in [2.45, 2.75) is 32.9 Å². The first kappa shape index (κ1) is 16.1. The molecular weight excluding hydrogens is 306 g/mol. The number of amides is 1. The maximum Gasteiger partial charge on any atom is 0.253 e. The molecule has 23 heavy (non-hydrogen) atoms. The van der Waals surface area contributed by atoms with Gasteiger partial charge in [0.25, 0.3) is 5.91 Å². The Labute approximate surface area is 141 Å². The van der Waals surface area contributed by atoms with Crippen LogP contribution in [0.2, 0.25) is 0 Å². The van der Waals surface area contributed by atoms with E-state index in [2.05, 4.69) is 34.4 Å². The molecule has 1 aliphatic rings. The summed E-state index contributed by atoms with van der Waals surface area (Å²) in [7, 11) is 2.10. The van der Waals surface area contributed by atoms with E-state index in [0.29, 0.717) is 0 Å². The van der Waals surface area contributed by atoms with Crippen LogP contribution in [0, 0.1) is 6.92 Å². The molecule has 0 atom stereocenters. The number of aromatic nitrogens is 1. The van der Waals surface area contributed by atoms with Crippen molar-refractivity contribution in [3.05, 3.63) is 51.5 Å². The average Bonchev–Trinajstić information content (AvgIpc) is 3.19. The molecule has 1 fully saturated rings. The first-order valence-electron chi connectivity index (χ1n) is 8.09. The van der Waals surface area contributed by atoms with Gasteiger partial charge in [-0.05, 0) is 44.5 Å². The molecule has 2 heterocycles. The Kier molecular flexibility index (Phi) is 5.08. The largest absolute Gasteiger partial charge is 0.339 e. The van der Waals surface area contributed by atoms with E-state index < -0.39 is 0 Å². The zero-order valence-electron chi connectivity index (χ0n) is 13.8. The van der Waals surface area contributed by atoms with Gasteiger partial charge in [-0.1, -0.05) is 12.1 Å². The lowest BCUT2D eigenvalue weighted by Crippen LogP contribution is -2.27. The van der Waals surface area contributed by atoms with E-state index in [1.54, 1.807) is 11.3 Å². The van der Waals surface area contributed by atoms with Crippen molar-refractivity contribution in [1.82, 2.24) is 14.8 Å². The first-order chi connectivity index (χ1) is 11.1. The molecule has 1 saturated heterocycles. The van der Waals surface area contributed by atoms with Gasteiger partial charge in [-0.15, -0.1) is 11.3 Å². The Morgan fingerprint density at radius 2 is 1.91 bits per heavy atom. The number of nitrogens with zero attached hydrogens (tertiary/aromatic N) is 3. The summed E-state index contributed by atoms with van der Waals surface area (Å²) in [5.41, 5.74) is 3.14. The van der Waals surface area contributed by atoms with Gasteiger partial charge in [0.05, 0.1) is 10.7 Å². The van der Waals surface area contributed by atoms with Crippen molar-refractivity contribution in [3.63, 3.8) is 0 Å². The quantitative estimate of drug-likeness (QED) is 0.844. The fraction of sp³-hybridized carbons (Fsp3) is 0.444. The van der Waals surface area contributed by atoms with Crippen molar-refractivity contribution < 1.29 is 4.79 Å². The van der Waals surface area contributed by atoms with Crippen molar-refractivity contribution >= 4 is 17.2 Å². The number of likely N-dealkylation sites (tertiary alicyclic amines) is 1. The minimum Gasteiger partial charge on any atom is -0.339 e. The minimum absolute atomic E-state index is 0.167. The Morgan fingerprint density at radius 3 is 2.52 bits per heavy atom. The summed E-state index contributed by atoms with van der Waals surface area (Å²) in [5.74, 6) is 0.167. The second-order valence-corrected chi connectivity index (χ2v) is 7.29. The molecule has 3 rings (SSSR count). The van der Waals surface area contributed by atoms with E-state index in [-0.39, 0.29) is 5.91 Å². The van der Waals surface area contributed by atoms with Crippen molar-refractivity contribution in [3.8, 4) is 0 Å². The summed E-state index contributed by atoms with van der Waals surface area (Å²) in [6.07, 6.45) is 2.26. The predicted octanol–water partition coefficient (Wildman–Crippen LogP) is 3.32. The maximum atomic E-state index is 12.3. The maximum absolute atomic E-state index is 12.3. The molecule has 0 N–H and O–H groups in total. The monoisotopic (exact) mass is 329 g/mol. The minimum atomic E-state index is 0.167. The Balaban J connectivity index is 1.57. The van der Waals surface area contributed by atoms with Crippen LogP contribution in [0.5, 0.6) is 0 Å². The van der Waals surface area contributed by atoms with Crippen molar-refractivity contribution in [1.29, 1.82) is 0 Å². The Hall–Kier alpha value is -1.72. The van der Waals surface area contributed by atoms with Gasteiger partial charge in [0.1, 0.15) is 0 Å². The summed E-state index contributed by atoms with van der Waals surface area (Å²) < 4.78 is 0. The van der Waals surface area contributed by atoms with Crippen LogP contribution >= 0.6 is 11.3 Å². The molecule has 0 saturated carbocycles. The van der Waals surface area contributed by atoms with E-state index >= 15 is 0 Å². The number of benzene rings is 1. The highest BCUT2D eigenvalue weighted by molar-refractivity contribution is 7.09. The standard InChI is InChI=1S/C18H23N3OS/c1-14-19-17(13-23-14)12-20(2)11-15-5-7-16(8-6-15)18(22)21-9-3-4-10-21/h5-8,13H,3-4,9-12H2,1-2H3. The number of rotatable bonds is 5. The molecule has 1 aromatic carbocycles. The van der Waals surface area contributed by atoms with Crippen LogP contribution in [-0.2, 0) is 13.1 Å². The number of hydrogen-bond acceptors (Lipinski definition) is 4. The first-order valence-corrected chi connectivity index (χ1v) is 8.97. The fourth-order valence-electron chi connectivity index (χ4n) is 2.98. The Morgan fingerprint density at radius 1 is 1.22 bits per heavy atom. The topological polar surface area (TPSA) is 36.4 Å². The van der Waals surface area contributed by atoms with Crippen molar-refractivity contribution in [2.24, 2.45) is 0 Å². The van der Waals surface area contributed by atoms with Gasteiger partial charge in [0.2, 0.25) is 0 Å². The number of hydrogen-bond donors (Lipinski definition) is 0. The predicted molar refractivity (Wildman–Crippen MR) is 93.6 cm³/mol. The molecular formula is C18H23N3OS. The molecule has 0 bridgehead atoms. The van der Waals surface area contributed by atoms with Crippen LogP contribution in [0.1, 0.15) is 39.5 Å². The zero-order chi connectivity index (χ0) is 16.2. The highest BCUT2D eigenvalue weighted by Gasteiger charge is 2.19. The smallest absolute Gasteiger partial charge is 0.253 e. The molecule has 1 aromatic heterocycles. The van der Waals surface area contributed by atoms with Gasteiger partial charge in [-0.2, -0.15) is 0 Å². The van der Waals surface area contributed by atoms with E-state index in [4.69, 9.17) is 0 Å². The van der Waals surface area contributed by atoms with Gasteiger partial charge in [0.15, 0.2) is 0 Å². The third-order valence-electron chi connectivity index (χ3n) is 4.15. The van der Waals surface area contributed by atoms with Crippen LogP contribution in [0.3, 0.4) is 0 Å². The lowest BCUT2D eigenvalue weighted by molar-refractivity contribution is 0.0793. The lowest BCUT2D eigenvalue weighted by Gasteiger charge is -2.17. The Bertz CT molecular complexity index is 659. The summed E-state index contributed by atoms with van der Waals surface area (Å²) in [4.78, 5) is 21.0. The van der Waals surface area contributed by atoms with E-state index in [1.807, 2.05) is 24.0 Å². The summed E-state index contributed by atoms with van der Waals surface area (Å²) in [5, 5.41) is 3.22. The second kappa shape index (κ2) is 7.23. The third kappa shape index (κ3) is 4.18. The molecule has 2 aromatic rings. The zero-order valence-corrected chi connectivity index (χ0v) is 14.6.